The van der Waals surface area contributed by atoms with Crippen molar-refractivity contribution in [3.63, 3.8) is 0 Å². The average molecular weight is 330 g/mol. The number of hydrogen-bond acceptors (Lipinski definition) is 5. The van der Waals surface area contributed by atoms with Gasteiger partial charge in [-0.15, -0.1) is 0 Å². The summed E-state index contributed by atoms with van der Waals surface area (Å²) in [5.41, 5.74) is -0.654. The van der Waals surface area contributed by atoms with Gasteiger partial charge in [-0.3, -0.25) is 4.79 Å². The lowest BCUT2D eigenvalue weighted by molar-refractivity contribution is -0.147. The lowest BCUT2D eigenvalue weighted by atomic mass is 9.98. The third-order valence-corrected chi connectivity index (χ3v) is 3.17. The summed E-state index contributed by atoms with van der Waals surface area (Å²) in [4.78, 5) is 35.9. The molecule has 0 bridgehead atoms. The van der Waals surface area contributed by atoms with Crippen LogP contribution in [0.5, 0.6) is 0 Å². The van der Waals surface area contributed by atoms with E-state index >= 15 is 0 Å². The molecule has 2 N–H and O–H groups in total. The number of rotatable bonds is 7. The summed E-state index contributed by atoms with van der Waals surface area (Å²) >= 11 is 0. The van der Waals surface area contributed by atoms with Crippen LogP contribution in [0.1, 0.15) is 54.9 Å². The van der Waals surface area contributed by atoms with Gasteiger partial charge in [0.15, 0.2) is 0 Å². The maximum Gasteiger partial charge on any atom is 0.408 e. The van der Waals surface area contributed by atoms with Crippen LogP contribution in [-0.4, -0.2) is 42.3 Å². The van der Waals surface area contributed by atoms with E-state index < -0.39 is 35.7 Å². The highest BCUT2D eigenvalue weighted by Crippen LogP contribution is 2.11. The molecule has 7 heteroatoms. The van der Waals surface area contributed by atoms with E-state index in [2.05, 4.69) is 10.6 Å². The molecule has 0 fully saturated rings. The lowest BCUT2D eigenvalue weighted by Crippen LogP contribution is -2.54. The van der Waals surface area contributed by atoms with Gasteiger partial charge < -0.3 is 20.1 Å². The molecule has 0 aromatic rings. The van der Waals surface area contributed by atoms with Crippen molar-refractivity contribution in [2.45, 2.75) is 72.6 Å². The Morgan fingerprint density at radius 1 is 1.04 bits per heavy atom. The number of nitrogens with one attached hydrogen (secondary N) is 2. The van der Waals surface area contributed by atoms with Gasteiger partial charge in [-0.1, -0.05) is 20.3 Å². The van der Waals surface area contributed by atoms with Crippen molar-refractivity contribution in [1.29, 1.82) is 0 Å². The standard InChI is InChI=1S/C16H30N2O5/c1-8-10(3)12(18-15(21)23-16(5,6)7)13(19)17-11(4)14(20)22-9-2/h10-12H,8-9H2,1-7H3,(H,17,19)(H,18,21). The minimum absolute atomic E-state index is 0.114. The Hall–Kier alpha value is -1.79. The molecule has 7 nitrogen and oxygen atoms in total. The first-order chi connectivity index (χ1) is 10.5. The van der Waals surface area contributed by atoms with Gasteiger partial charge in [0.2, 0.25) is 5.91 Å². The molecule has 2 amide bonds. The molecule has 0 rings (SSSR count). The van der Waals surface area contributed by atoms with Crippen LogP contribution in [-0.2, 0) is 19.1 Å². The second-order valence-corrected chi connectivity index (χ2v) is 6.49. The first-order valence-electron chi connectivity index (χ1n) is 7.98. The van der Waals surface area contributed by atoms with Crippen molar-refractivity contribution < 1.29 is 23.9 Å². The van der Waals surface area contributed by atoms with Crippen molar-refractivity contribution in [2.75, 3.05) is 6.61 Å². The number of esters is 1. The summed E-state index contributed by atoms with van der Waals surface area (Å²) in [5, 5.41) is 5.14. The SMILES string of the molecule is CCOC(=O)C(C)NC(=O)C(NC(=O)OC(C)(C)C)C(C)CC. The van der Waals surface area contributed by atoms with Crippen LogP contribution in [0.25, 0.3) is 0 Å². The van der Waals surface area contributed by atoms with Gasteiger partial charge in [-0.05, 0) is 40.5 Å². The van der Waals surface area contributed by atoms with Gasteiger partial charge in [0.05, 0.1) is 6.61 Å². The van der Waals surface area contributed by atoms with E-state index in [1.54, 1.807) is 27.7 Å². The largest absolute Gasteiger partial charge is 0.464 e. The fourth-order valence-corrected chi connectivity index (χ4v) is 1.77. The number of carbonyl (C=O) groups excluding carboxylic acids is 3. The van der Waals surface area contributed by atoms with Gasteiger partial charge >= 0.3 is 12.1 Å². The van der Waals surface area contributed by atoms with E-state index in [0.717, 1.165) is 0 Å². The van der Waals surface area contributed by atoms with Crippen molar-refractivity contribution in [3.8, 4) is 0 Å². The first kappa shape index (κ1) is 21.2. The Labute approximate surface area is 138 Å². The lowest BCUT2D eigenvalue weighted by Gasteiger charge is -2.27. The van der Waals surface area contributed by atoms with Crippen LogP contribution in [0, 0.1) is 5.92 Å². The van der Waals surface area contributed by atoms with Crippen LogP contribution in [0.4, 0.5) is 4.79 Å². The third kappa shape index (κ3) is 8.42. The van der Waals surface area contributed by atoms with Gasteiger partial charge in [0.1, 0.15) is 17.7 Å². The number of alkyl carbamates (subject to hydrolysis) is 1. The molecular weight excluding hydrogens is 300 g/mol. The van der Waals surface area contributed by atoms with E-state index in [9.17, 15) is 14.4 Å². The Kier molecular flexibility index (Phi) is 8.64. The van der Waals surface area contributed by atoms with Gasteiger partial charge in [0, 0.05) is 0 Å². The van der Waals surface area contributed by atoms with Gasteiger partial charge in [-0.2, -0.15) is 0 Å². The molecule has 0 saturated heterocycles. The van der Waals surface area contributed by atoms with Crippen LogP contribution < -0.4 is 10.6 Å². The summed E-state index contributed by atoms with van der Waals surface area (Å²) in [6.07, 6.45) is 0.0172. The Morgan fingerprint density at radius 2 is 1.61 bits per heavy atom. The molecule has 3 atom stereocenters. The van der Waals surface area contributed by atoms with Gasteiger partial charge in [0.25, 0.3) is 0 Å². The first-order valence-corrected chi connectivity index (χ1v) is 7.98. The number of amides is 2. The minimum atomic E-state index is -0.785. The summed E-state index contributed by atoms with van der Waals surface area (Å²) in [7, 11) is 0. The fourth-order valence-electron chi connectivity index (χ4n) is 1.77. The Morgan fingerprint density at radius 3 is 2.04 bits per heavy atom. The predicted molar refractivity (Wildman–Crippen MR) is 86.9 cm³/mol. The molecule has 3 unspecified atom stereocenters. The average Bonchev–Trinajstić information content (AvgIpc) is 2.42. The molecule has 0 radical (unpaired) electrons. The van der Waals surface area contributed by atoms with Crippen molar-refractivity contribution in [3.05, 3.63) is 0 Å². The van der Waals surface area contributed by atoms with Gasteiger partial charge in [-0.25, -0.2) is 9.59 Å². The second-order valence-electron chi connectivity index (χ2n) is 6.49. The molecule has 0 spiro atoms. The smallest absolute Gasteiger partial charge is 0.408 e. The van der Waals surface area contributed by atoms with Crippen LogP contribution in [0.15, 0.2) is 0 Å². The zero-order valence-corrected chi connectivity index (χ0v) is 15.2. The normalized spacial score (nSPS) is 15.1. The molecule has 0 aliphatic carbocycles. The fraction of sp³-hybridized carbons (Fsp3) is 0.812. The van der Waals surface area contributed by atoms with Crippen LogP contribution in [0.2, 0.25) is 0 Å². The highest BCUT2D eigenvalue weighted by molar-refractivity contribution is 5.89. The Bertz CT molecular complexity index is 417. The van der Waals surface area contributed by atoms with Crippen molar-refractivity contribution >= 4 is 18.0 Å². The second kappa shape index (κ2) is 9.37. The quantitative estimate of drug-likeness (QED) is 0.696. The summed E-state index contributed by atoms with van der Waals surface area (Å²) in [5.74, 6) is -1.07. The van der Waals surface area contributed by atoms with Crippen LogP contribution in [0.3, 0.4) is 0 Å². The minimum Gasteiger partial charge on any atom is -0.464 e. The summed E-state index contributed by atoms with van der Waals surface area (Å²) in [6.45, 7) is 12.5. The number of hydrogen-bond donors (Lipinski definition) is 2. The monoisotopic (exact) mass is 330 g/mol. The molecular formula is C16H30N2O5. The zero-order valence-electron chi connectivity index (χ0n) is 15.2. The van der Waals surface area contributed by atoms with E-state index in [0.29, 0.717) is 6.42 Å². The highest BCUT2D eigenvalue weighted by Gasteiger charge is 2.30. The molecule has 0 aliphatic rings. The van der Waals surface area contributed by atoms with Crippen LogP contribution >= 0.6 is 0 Å². The molecule has 0 aromatic carbocycles. The van der Waals surface area contributed by atoms with E-state index in [4.69, 9.17) is 9.47 Å². The van der Waals surface area contributed by atoms with Crippen molar-refractivity contribution in [2.24, 2.45) is 5.92 Å². The molecule has 0 aromatic heterocycles. The number of ether oxygens (including phenoxy) is 2. The number of carbonyl (C=O) groups is 3. The van der Waals surface area contributed by atoms with E-state index in [1.165, 1.54) is 6.92 Å². The predicted octanol–water partition coefficient (Wildman–Crippen LogP) is 1.99. The highest BCUT2D eigenvalue weighted by atomic mass is 16.6. The molecule has 134 valence electrons. The maximum atomic E-state index is 12.4. The summed E-state index contributed by atoms with van der Waals surface area (Å²) < 4.78 is 10.0. The maximum absolute atomic E-state index is 12.4. The summed E-state index contributed by atoms with van der Waals surface area (Å²) in [6, 6.07) is -1.57. The zero-order chi connectivity index (χ0) is 18.2. The third-order valence-electron chi connectivity index (χ3n) is 3.17. The molecule has 0 heterocycles. The van der Waals surface area contributed by atoms with E-state index in [-0.39, 0.29) is 12.5 Å². The van der Waals surface area contributed by atoms with Crippen molar-refractivity contribution in [1.82, 2.24) is 10.6 Å². The molecule has 0 saturated carbocycles. The topological polar surface area (TPSA) is 93.7 Å². The Balaban J connectivity index is 4.86. The molecule has 0 aliphatic heterocycles. The molecule has 23 heavy (non-hydrogen) atoms. The van der Waals surface area contributed by atoms with E-state index in [1.807, 2.05) is 13.8 Å².